The van der Waals surface area contributed by atoms with Crippen LogP contribution in [0.25, 0.3) is 0 Å². The summed E-state index contributed by atoms with van der Waals surface area (Å²) >= 11 is 0. The summed E-state index contributed by atoms with van der Waals surface area (Å²) < 4.78 is 38.9. The number of aliphatic hydroxyl groups is 1. The quantitative estimate of drug-likeness (QED) is 0.570. The Morgan fingerprint density at radius 2 is 1.85 bits per heavy atom. The van der Waals surface area contributed by atoms with Gasteiger partial charge in [0.05, 0.1) is 18.3 Å². The molecule has 1 atom stereocenters. The minimum absolute atomic E-state index is 0.366. The Kier molecular flexibility index (Phi) is 5.51. The lowest BCUT2D eigenvalue weighted by Gasteiger charge is -2.13. The third kappa shape index (κ3) is 3.70. The van der Waals surface area contributed by atoms with Crippen molar-refractivity contribution < 1.29 is 27.9 Å². The fourth-order valence-corrected chi connectivity index (χ4v) is 1.33. The molecule has 0 heterocycles. The van der Waals surface area contributed by atoms with Crippen LogP contribution >= 0.6 is 0 Å². The van der Waals surface area contributed by atoms with Gasteiger partial charge in [0.25, 0.3) is 0 Å². The largest absolute Gasteiger partial charge is 0.394 e. The number of hydrogen-bond donors (Lipinski definition) is 3. The standard InChI is InChI=1S/C12H13F3N2O3/c1-2-6(5-18)16-11(19)12(20)17-8-4-3-7(13)9(14)10(8)15/h3-4,6,18H,2,5H2,1H3,(H,16,19)(H,17,20). The molecule has 0 fully saturated rings. The topological polar surface area (TPSA) is 78.4 Å². The van der Waals surface area contributed by atoms with Crippen LogP contribution in [0.2, 0.25) is 0 Å². The highest BCUT2D eigenvalue weighted by Gasteiger charge is 2.20. The smallest absolute Gasteiger partial charge is 0.313 e. The minimum atomic E-state index is -1.75. The lowest BCUT2D eigenvalue weighted by molar-refractivity contribution is -0.136. The molecule has 0 saturated carbocycles. The molecule has 1 aromatic carbocycles. The van der Waals surface area contributed by atoms with E-state index >= 15 is 0 Å². The number of nitrogens with one attached hydrogen (secondary N) is 2. The maximum Gasteiger partial charge on any atom is 0.313 e. The van der Waals surface area contributed by atoms with Crippen molar-refractivity contribution in [2.75, 3.05) is 11.9 Å². The van der Waals surface area contributed by atoms with Gasteiger partial charge in [-0.15, -0.1) is 0 Å². The second-order valence-electron chi connectivity index (χ2n) is 3.94. The van der Waals surface area contributed by atoms with Crippen LogP contribution in [-0.4, -0.2) is 29.6 Å². The van der Waals surface area contributed by atoms with Crippen molar-refractivity contribution >= 4 is 17.5 Å². The van der Waals surface area contributed by atoms with E-state index in [1.807, 2.05) is 5.32 Å². The van der Waals surface area contributed by atoms with Crippen LogP contribution in [0.4, 0.5) is 18.9 Å². The van der Waals surface area contributed by atoms with E-state index in [-0.39, 0.29) is 6.61 Å². The van der Waals surface area contributed by atoms with Crippen molar-refractivity contribution in [2.24, 2.45) is 0 Å². The molecule has 8 heteroatoms. The maximum atomic E-state index is 13.3. The summed E-state index contributed by atoms with van der Waals surface area (Å²) in [5, 5.41) is 12.9. The van der Waals surface area contributed by atoms with E-state index in [4.69, 9.17) is 5.11 Å². The number of aliphatic hydroxyl groups excluding tert-OH is 1. The number of hydrogen-bond acceptors (Lipinski definition) is 3. The van der Waals surface area contributed by atoms with Gasteiger partial charge in [0.15, 0.2) is 17.5 Å². The van der Waals surface area contributed by atoms with Crippen LogP contribution in [0, 0.1) is 17.5 Å². The zero-order chi connectivity index (χ0) is 15.3. The van der Waals surface area contributed by atoms with Gasteiger partial charge in [0, 0.05) is 0 Å². The van der Waals surface area contributed by atoms with E-state index in [1.54, 1.807) is 6.92 Å². The van der Waals surface area contributed by atoms with Gasteiger partial charge in [-0.2, -0.15) is 0 Å². The van der Waals surface area contributed by atoms with Gasteiger partial charge in [0.2, 0.25) is 0 Å². The monoisotopic (exact) mass is 290 g/mol. The van der Waals surface area contributed by atoms with Gasteiger partial charge in [-0.25, -0.2) is 13.2 Å². The van der Waals surface area contributed by atoms with Crippen molar-refractivity contribution in [3.05, 3.63) is 29.6 Å². The summed E-state index contributed by atoms with van der Waals surface area (Å²) in [6, 6.07) is 0.791. The molecule has 110 valence electrons. The molecular weight excluding hydrogens is 277 g/mol. The van der Waals surface area contributed by atoms with Gasteiger partial charge in [-0.3, -0.25) is 9.59 Å². The number of rotatable bonds is 4. The van der Waals surface area contributed by atoms with Crippen LogP contribution in [0.5, 0.6) is 0 Å². The van der Waals surface area contributed by atoms with E-state index in [0.717, 1.165) is 6.07 Å². The Bertz CT molecular complexity index is 519. The lowest BCUT2D eigenvalue weighted by atomic mass is 10.2. The first-order valence-electron chi connectivity index (χ1n) is 5.76. The van der Waals surface area contributed by atoms with Crippen molar-refractivity contribution in [1.82, 2.24) is 5.32 Å². The molecule has 1 rings (SSSR count). The molecule has 3 N–H and O–H groups in total. The van der Waals surface area contributed by atoms with Crippen LogP contribution in [0.15, 0.2) is 12.1 Å². The highest BCUT2D eigenvalue weighted by Crippen LogP contribution is 2.19. The van der Waals surface area contributed by atoms with Crippen LogP contribution in [-0.2, 0) is 9.59 Å². The van der Waals surface area contributed by atoms with Gasteiger partial charge in [-0.05, 0) is 18.6 Å². The summed E-state index contributed by atoms with van der Waals surface area (Å²) in [6.07, 6.45) is 0.384. The predicted octanol–water partition coefficient (Wildman–Crippen LogP) is 0.929. The summed E-state index contributed by atoms with van der Waals surface area (Å²) in [6.45, 7) is 1.31. The van der Waals surface area contributed by atoms with E-state index in [2.05, 4.69) is 5.32 Å². The van der Waals surface area contributed by atoms with Gasteiger partial charge >= 0.3 is 11.8 Å². The van der Waals surface area contributed by atoms with Crippen molar-refractivity contribution in [3.8, 4) is 0 Å². The van der Waals surface area contributed by atoms with E-state index in [0.29, 0.717) is 12.5 Å². The Morgan fingerprint density at radius 3 is 2.40 bits per heavy atom. The third-order valence-corrected chi connectivity index (χ3v) is 2.54. The van der Waals surface area contributed by atoms with Crippen molar-refractivity contribution in [1.29, 1.82) is 0 Å². The molecule has 20 heavy (non-hydrogen) atoms. The van der Waals surface area contributed by atoms with E-state index < -0.39 is 41.0 Å². The first kappa shape index (κ1) is 16.0. The predicted molar refractivity (Wildman–Crippen MR) is 64.3 cm³/mol. The average Bonchev–Trinajstić information content (AvgIpc) is 2.44. The molecule has 0 aliphatic rings. The van der Waals surface area contributed by atoms with Gasteiger partial charge < -0.3 is 15.7 Å². The number of carbonyl (C=O) groups is 2. The Labute approximate surface area is 112 Å². The Morgan fingerprint density at radius 1 is 1.20 bits per heavy atom. The Balaban J connectivity index is 2.76. The first-order chi connectivity index (χ1) is 9.40. The highest BCUT2D eigenvalue weighted by molar-refractivity contribution is 6.39. The number of benzene rings is 1. The number of carbonyl (C=O) groups excluding carboxylic acids is 2. The highest BCUT2D eigenvalue weighted by atomic mass is 19.2. The molecule has 2 amide bonds. The summed E-state index contributed by atoms with van der Waals surface area (Å²) in [4.78, 5) is 22.9. The fraction of sp³-hybridized carbons (Fsp3) is 0.333. The Hall–Kier alpha value is -2.09. The molecule has 0 spiro atoms. The van der Waals surface area contributed by atoms with Gasteiger partial charge in [0.1, 0.15) is 0 Å². The van der Waals surface area contributed by atoms with Crippen molar-refractivity contribution in [3.63, 3.8) is 0 Å². The SMILES string of the molecule is CCC(CO)NC(=O)C(=O)Nc1ccc(F)c(F)c1F. The summed E-state index contributed by atoms with van der Waals surface area (Å²) in [5.41, 5.74) is -0.652. The van der Waals surface area contributed by atoms with Crippen LogP contribution in [0.3, 0.4) is 0 Å². The van der Waals surface area contributed by atoms with Crippen LogP contribution < -0.4 is 10.6 Å². The molecule has 0 bridgehead atoms. The zero-order valence-electron chi connectivity index (χ0n) is 10.5. The van der Waals surface area contributed by atoms with E-state index in [9.17, 15) is 22.8 Å². The zero-order valence-corrected chi connectivity index (χ0v) is 10.5. The minimum Gasteiger partial charge on any atom is -0.394 e. The summed E-state index contributed by atoms with van der Waals surface area (Å²) in [7, 11) is 0. The number of halogens is 3. The maximum absolute atomic E-state index is 13.3. The van der Waals surface area contributed by atoms with E-state index in [1.165, 1.54) is 0 Å². The van der Waals surface area contributed by atoms with Crippen molar-refractivity contribution in [2.45, 2.75) is 19.4 Å². The molecule has 0 saturated heterocycles. The third-order valence-electron chi connectivity index (χ3n) is 2.54. The van der Waals surface area contributed by atoms with Crippen LogP contribution in [0.1, 0.15) is 13.3 Å². The molecule has 1 unspecified atom stereocenters. The summed E-state index contributed by atoms with van der Waals surface area (Å²) in [5.74, 6) is -7.11. The van der Waals surface area contributed by atoms with Gasteiger partial charge in [-0.1, -0.05) is 6.92 Å². The number of amides is 2. The average molecular weight is 290 g/mol. The molecular formula is C12H13F3N2O3. The second kappa shape index (κ2) is 6.90. The second-order valence-corrected chi connectivity index (χ2v) is 3.94. The molecule has 5 nitrogen and oxygen atoms in total. The molecule has 1 aromatic rings. The normalized spacial score (nSPS) is 11.8. The molecule has 0 aliphatic carbocycles. The fourth-order valence-electron chi connectivity index (χ4n) is 1.33. The first-order valence-corrected chi connectivity index (χ1v) is 5.76. The molecule has 0 aromatic heterocycles. The number of anilines is 1. The molecule has 0 radical (unpaired) electrons. The molecule has 0 aliphatic heterocycles. The lowest BCUT2D eigenvalue weighted by Crippen LogP contribution is -2.43.